The van der Waals surface area contributed by atoms with Gasteiger partial charge in [-0.1, -0.05) is 30.3 Å². The number of aliphatic imine (C=N–C) groups is 2. The summed E-state index contributed by atoms with van der Waals surface area (Å²) in [4.78, 5) is 22.1. The Balaban J connectivity index is 1.55. The van der Waals surface area contributed by atoms with E-state index in [1.54, 1.807) is 0 Å². The highest BCUT2D eigenvalue weighted by Gasteiger charge is 2.36. The average Bonchev–Trinajstić information content (AvgIpc) is 3.27. The van der Waals surface area contributed by atoms with E-state index < -0.39 is 0 Å². The Labute approximate surface area is 156 Å². The molecule has 2 aliphatic heterocycles. The molecule has 2 aliphatic rings. The fraction of sp³-hybridized carbons (Fsp3) is 0.200. The van der Waals surface area contributed by atoms with E-state index in [4.69, 9.17) is 9.98 Å². The first kappa shape index (κ1) is 15.9. The van der Waals surface area contributed by atoms with Crippen molar-refractivity contribution in [2.24, 2.45) is 9.98 Å². The maximum atomic E-state index is 4.86. The van der Waals surface area contributed by atoms with E-state index in [2.05, 4.69) is 25.0 Å². The molecule has 134 valence electrons. The monoisotopic (exact) mass is 357 g/mol. The Bertz CT molecular complexity index is 1120. The van der Waals surface area contributed by atoms with Crippen LogP contribution < -0.4 is 0 Å². The lowest BCUT2D eigenvalue weighted by molar-refractivity contribution is 0.0885. The predicted molar refractivity (Wildman–Crippen MR) is 106 cm³/mol. The molecule has 3 aromatic rings. The molecule has 0 aliphatic carbocycles. The number of nitrogens with one attached hydrogen (secondary N) is 1. The number of amidine groups is 1. The van der Waals surface area contributed by atoms with Gasteiger partial charge in [-0.2, -0.15) is 5.01 Å². The van der Waals surface area contributed by atoms with Crippen molar-refractivity contribution in [3.8, 4) is 11.4 Å². The number of allylic oxidation sites excluding steroid dienone is 1. The molecule has 7 heteroatoms. The van der Waals surface area contributed by atoms with E-state index in [0.29, 0.717) is 5.65 Å². The van der Waals surface area contributed by atoms with Crippen LogP contribution in [0.2, 0.25) is 0 Å². The molecule has 0 amide bonds. The van der Waals surface area contributed by atoms with Crippen molar-refractivity contribution in [2.75, 3.05) is 7.05 Å². The molecule has 0 bridgehead atoms. The Morgan fingerprint density at radius 1 is 1.00 bits per heavy atom. The summed E-state index contributed by atoms with van der Waals surface area (Å²) in [5.74, 6) is 1.69. The number of pyridine rings is 1. The Morgan fingerprint density at radius 3 is 2.59 bits per heavy atom. The summed E-state index contributed by atoms with van der Waals surface area (Å²) in [5.41, 5.74) is 5.46. The Morgan fingerprint density at radius 2 is 1.81 bits per heavy atom. The Hall–Kier alpha value is -3.32. The zero-order chi connectivity index (χ0) is 18.5. The first-order chi connectivity index (χ1) is 13.1. The van der Waals surface area contributed by atoms with Gasteiger partial charge in [-0.25, -0.2) is 15.0 Å². The van der Waals surface area contributed by atoms with Crippen molar-refractivity contribution in [2.45, 2.75) is 20.0 Å². The summed E-state index contributed by atoms with van der Waals surface area (Å²) in [5, 5.41) is 4.16. The molecule has 27 heavy (non-hydrogen) atoms. The van der Waals surface area contributed by atoms with Gasteiger partial charge in [0.1, 0.15) is 5.82 Å². The molecule has 0 spiro atoms. The van der Waals surface area contributed by atoms with Crippen molar-refractivity contribution < 1.29 is 0 Å². The maximum absolute atomic E-state index is 4.86. The van der Waals surface area contributed by atoms with Crippen molar-refractivity contribution in [1.82, 2.24) is 25.0 Å². The van der Waals surface area contributed by atoms with Crippen molar-refractivity contribution in [3.63, 3.8) is 0 Å². The molecule has 4 heterocycles. The number of imidazole rings is 1. The van der Waals surface area contributed by atoms with Crippen LogP contribution in [0.5, 0.6) is 0 Å². The zero-order valence-electron chi connectivity index (χ0n) is 15.4. The second kappa shape index (κ2) is 5.85. The minimum Gasteiger partial charge on any atom is -0.337 e. The van der Waals surface area contributed by atoms with E-state index >= 15 is 0 Å². The maximum Gasteiger partial charge on any atom is 0.178 e. The van der Waals surface area contributed by atoms with Gasteiger partial charge >= 0.3 is 0 Å². The predicted octanol–water partition coefficient (Wildman–Crippen LogP) is 3.52. The third kappa shape index (κ3) is 2.47. The molecular weight excluding hydrogens is 338 g/mol. The molecule has 0 radical (unpaired) electrons. The highest BCUT2D eigenvalue weighted by Crippen LogP contribution is 2.32. The van der Waals surface area contributed by atoms with Gasteiger partial charge in [0.25, 0.3) is 0 Å². The van der Waals surface area contributed by atoms with Gasteiger partial charge in [0.05, 0.1) is 22.6 Å². The molecule has 2 aromatic heterocycles. The summed E-state index contributed by atoms with van der Waals surface area (Å²) in [6.45, 7) is 4.00. The molecule has 7 nitrogen and oxygen atoms in total. The number of nitrogens with zero attached hydrogens (tertiary/aromatic N) is 6. The third-order valence-corrected chi connectivity index (χ3v) is 4.90. The van der Waals surface area contributed by atoms with Gasteiger partial charge in [-0.15, -0.1) is 0 Å². The second-order valence-electron chi connectivity index (χ2n) is 6.76. The van der Waals surface area contributed by atoms with Crippen molar-refractivity contribution in [1.29, 1.82) is 0 Å². The molecule has 1 atom stereocenters. The van der Waals surface area contributed by atoms with Crippen LogP contribution in [0.15, 0.2) is 64.3 Å². The van der Waals surface area contributed by atoms with Crippen molar-refractivity contribution >= 4 is 22.7 Å². The molecule has 0 saturated heterocycles. The summed E-state index contributed by atoms with van der Waals surface area (Å²) >= 11 is 0. The second-order valence-corrected chi connectivity index (χ2v) is 6.76. The van der Waals surface area contributed by atoms with Crippen LogP contribution in [0.4, 0.5) is 0 Å². The molecule has 5 rings (SSSR count). The van der Waals surface area contributed by atoms with Crippen LogP contribution in [0.25, 0.3) is 22.6 Å². The quantitative estimate of drug-likeness (QED) is 0.762. The lowest BCUT2D eigenvalue weighted by Gasteiger charge is -2.31. The number of benzene rings is 1. The van der Waals surface area contributed by atoms with Crippen LogP contribution in [-0.2, 0) is 0 Å². The lowest BCUT2D eigenvalue weighted by Crippen LogP contribution is -2.42. The van der Waals surface area contributed by atoms with Gasteiger partial charge in [-0.05, 0) is 26.0 Å². The van der Waals surface area contributed by atoms with Crippen LogP contribution in [0, 0.1) is 0 Å². The number of rotatable bonds is 2. The van der Waals surface area contributed by atoms with E-state index in [0.717, 1.165) is 39.8 Å². The van der Waals surface area contributed by atoms with Crippen molar-refractivity contribution in [3.05, 3.63) is 60.1 Å². The molecule has 1 unspecified atom stereocenters. The molecule has 1 aromatic carbocycles. The summed E-state index contributed by atoms with van der Waals surface area (Å²) in [7, 11) is 2.02. The number of hydrogen-bond acceptors (Lipinski definition) is 6. The number of aromatic amines is 1. The standard InChI is InChI=1S/C20H19N7/c1-12-11-21-13(2)19-25-20(26(3)27(12)19)16-10-9-15-18(23-16)24-17(22-15)14-7-5-4-6-8-14/h4-11,20H,1-3H3,(H,22,23,24). The summed E-state index contributed by atoms with van der Waals surface area (Å²) in [6.07, 6.45) is 1.66. The summed E-state index contributed by atoms with van der Waals surface area (Å²) in [6, 6.07) is 14.1. The van der Waals surface area contributed by atoms with Crippen LogP contribution >= 0.6 is 0 Å². The lowest BCUT2D eigenvalue weighted by atomic mass is 10.2. The Kier molecular flexibility index (Phi) is 3.45. The molecule has 0 saturated carbocycles. The number of hydrazine groups is 1. The normalized spacial score (nSPS) is 19.7. The van der Waals surface area contributed by atoms with E-state index in [1.165, 1.54) is 0 Å². The topological polar surface area (TPSA) is 72.8 Å². The smallest absolute Gasteiger partial charge is 0.178 e. The van der Waals surface area contributed by atoms with Gasteiger partial charge in [0.15, 0.2) is 17.6 Å². The summed E-state index contributed by atoms with van der Waals surface area (Å²) < 4.78 is 0. The number of fused-ring (bicyclic) bond motifs is 2. The SMILES string of the molecule is CC1=CN=C(C)C2=NC(c3ccc4[nH]c(-c5ccccc5)nc4n3)N(C)N12. The first-order valence-corrected chi connectivity index (χ1v) is 8.86. The minimum absolute atomic E-state index is 0.201. The van der Waals surface area contributed by atoms with Gasteiger partial charge < -0.3 is 4.98 Å². The number of H-pyrrole nitrogens is 1. The van der Waals surface area contributed by atoms with Crippen LogP contribution in [0.3, 0.4) is 0 Å². The van der Waals surface area contributed by atoms with E-state index in [1.807, 2.05) is 69.6 Å². The molecule has 0 fully saturated rings. The fourth-order valence-electron chi connectivity index (χ4n) is 3.52. The van der Waals surface area contributed by atoms with Crippen LogP contribution in [0.1, 0.15) is 25.7 Å². The van der Waals surface area contributed by atoms with E-state index in [-0.39, 0.29) is 6.17 Å². The zero-order valence-corrected chi connectivity index (χ0v) is 15.4. The average molecular weight is 357 g/mol. The largest absolute Gasteiger partial charge is 0.337 e. The van der Waals surface area contributed by atoms with E-state index in [9.17, 15) is 0 Å². The highest BCUT2D eigenvalue weighted by molar-refractivity contribution is 6.41. The minimum atomic E-state index is -0.201. The van der Waals surface area contributed by atoms with Crippen LogP contribution in [-0.4, -0.2) is 43.6 Å². The number of aromatic nitrogens is 3. The first-order valence-electron chi connectivity index (χ1n) is 8.86. The van der Waals surface area contributed by atoms with Gasteiger partial charge in [0, 0.05) is 18.8 Å². The fourth-order valence-corrected chi connectivity index (χ4v) is 3.52. The van der Waals surface area contributed by atoms with Gasteiger partial charge in [0.2, 0.25) is 0 Å². The third-order valence-electron chi connectivity index (χ3n) is 4.90. The molecular formula is C20H19N7. The van der Waals surface area contributed by atoms with Gasteiger partial charge in [-0.3, -0.25) is 10.0 Å². The molecule has 1 N–H and O–H groups in total. The highest BCUT2D eigenvalue weighted by atomic mass is 15.7. The number of hydrogen-bond donors (Lipinski definition) is 1.